The van der Waals surface area contributed by atoms with Crippen molar-refractivity contribution in [3.8, 4) is 0 Å². The number of likely N-dealkylation sites (tertiary alicyclic amines) is 1. The van der Waals surface area contributed by atoms with E-state index in [1.54, 1.807) is 0 Å². The van der Waals surface area contributed by atoms with E-state index in [0.29, 0.717) is 12.3 Å². The molecule has 28 heavy (non-hydrogen) atoms. The first-order chi connectivity index (χ1) is 13.1. The highest BCUT2D eigenvalue weighted by Gasteiger charge is 2.23. The Morgan fingerprint density at radius 2 is 2.07 bits per heavy atom. The fourth-order valence-corrected chi connectivity index (χ4v) is 3.59. The maximum absolute atomic E-state index is 11.2. The normalized spacial score (nSPS) is 17.0. The minimum absolute atomic E-state index is 0. The molecule has 1 atom stereocenters. The number of para-hydroxylation sites is 1. The van der Waals surface area contributed by atoms with Gasteiger partial charge in [-0.15, -0.1) is 24.0 Å². The van der Waals surface area contributed by atoms with Gasteiger partial charge in [-0.25, -0.2) is 0 Å². The van der Waals surface area contributed by atoms with Gasteiger partial charge in [-0.1, -0.05) is 18.2 Å². The van der Waals surface area contributed by atoms with Gasteiger partial charge in [-0.3, -0.25) is 9.79 Å². The second-order valence-electron chi connectivity index (χ2n) is 7.32. The number of halogens is 1. The Balaban J connectivity index is 0.00000392. The first-order valence-corrected chi connectivity index (χ1v) is 10.2. The molecule has 7 heteroatoms. The van der Waals surface area contributed by atoms with Crippen LogP contribution in [0.25, 0.3) is 0 Å². The van der Waals surface area contributed by atoms with Gasteiger partial charge in [0.05, 0.1) is 0 Å². The van der Waals surface area contributed by atoms with Crippen molar-refractivity contribution in [3.63, 3.8) is 0 Å². The van der Waals surface area contributed by atoms with Crippen LogP contribution in [0.15, 0.2) is 35.3 Å². The van der Waals surface area contributed by atoms with Crippen LogP contribution in [0.1, 0.15) is 39.0 Å². The minimum Gasteiger partial charge on any atom is -0.375 e. The molecule has 0 saturated carbocycles. The second kappa shape index (κ2) is 13.6. The number of rotatable bonds is 9. The third kappa shape index (κ3) is 8.67. The molecule has 6 nitrogen and oxygen atoms in total. The van der Waals surface area contributed by atoms with Crippen molar-refractivity contribution in [2.24, 2.45) is 16.6 Å². The zero-order valence-corrected chi connectivity index (χ0v) is 19.6. The number of benzene rings is 1. The van der Waals surface area contributed by atoms with E-state index in [0.717, 1.165) is 64.4 Å². The van der Waals surface area contributed by atoms with E-state index in [4.69, 9.17) is 10.7 Å². The standard InChI is InChI=1S/C21H35N5O.HI/c1-3-23-21(26-15-9-10-18(17-26)16-20(22)27)24-13-7-8-14-25(2)19-11-5-4-6-12-19;/h4-6,11-12,18H,3,7-10,13-17H2,1-2H3,(H2,22,27)(H,23,24);1H. The van der Waals surface area contributed by atoms with Crippen LogP contribution in [0.2, 0.25) is 0 Å². The molecule has 1 aliphatic heterocycles. The van der Waals surface area contributed by atoms with Crippen LogP contribution in [0.4, 0.5) is 5.69 Å². The van der Waals surface area contributed by atoms with E-state index in [2.05, 4.69) is 53.4 Å². The lowest BCUT2D eigenvalue weighted by molar-refractivity contribution is -0.119. The summed E-state index contributed by atoms with van der Waals surface area (Å²) in [6, 6.07) is 10.5. The molecule has 3 N–H and O–H groups in total. The highest BCUT2D eigenvalue weighted by Crippen LogP contribution is 2.19. The molecule has 1 saturated heterocycles. The van der Waals surface area contributed by atoms with E-state index < -0.39 is 0 Å². The molecular formula is C21H36IN5O. The lowest BCUT2D eigenvalue weighted by atomic mass is 9.95. The first-order valence-electron chi connectivity index (χ1n) is 10.2. The number of nitrogens with zero attached hydrogens (tertiary/aromatic N) is 3. The monoisotopic (exact) mass is 501 g/mol. The number of aliphatic imine (C=N–C) groups is 1. The Morgan fingerprint density at radius 1 is 1.32 bits per heavy atom. The van der Waals surface area contributed by atoms with Gasteiger partial charge in [0.1, 0.15) is 0 Å². The van der Waals surface area contributed by atoms with Crippen LogP contribution in [0.3, 0.4) is 0 Å². The second-order valence-corrected chi connectivity index (χ2v) is 7.32. The third-order valence-electron chi connectivity index (χ3n) is 5.00. The molecule has 2 rings (SSSR count). The van der Waals surface area contributed by atoms with Crippen molar-refractivity contribution >= 4 is 41.5 Å². The molecule has 1 aromatic rings. The molecular weight excluding hydrogens is 465 g/mol. The van der Waals surface area contributed by atoms with Crippen molar-refractivity contribution in [3.05, 3.63) is 30.3 Å². The number of anilines is 1. The van der Waals surface area contributed by atoms with Gasteiger partial charge in [-0.05, 0) is 50.7 Å². The van der Waals surface area contributed by atoms with E-state index in [9.17, 15) is 4.79 Å². The minimum atomic E-state index is -0.202. The van der Waals surface area contributed by atoms with Crippen LogP contribution in [-0.4, -0.2) is 56.5 Å². The van der Waals surface area contributed by atoms with Crippen molar-refractivity contribution in [1.82, 2.24) is 10.2 Å². The fourth-order valence-electron chi connectivity index (χ4n) is 3.59. The lowest BCUT2D eigenvalue weighted by Gasteiger charge is -2.34. The summed E-state index contributed by atoms with van der Waals surface area (Å²) >= 11 is 0. The smallest absolute Gasteiger partial charge is 0.217 e. The summed E-state index contributed by atoms with van der Waals surface area (Å²) in [5, 5.41) is 3.40. The number of hydrogen-bond acceptors (Lipinski definition) is 3. The summed E-state index contributed by atoms with van der Waals surface area (Å²) in [6.07, 6.45) is 4.81. The molecule has 1 heterocycles. The van der Waals surface area contributed by atoms with Crippen LogP contribution < -0.4 is 16.0 Å². The number of carbonyl (C=O) groups is 1. The highest BCUT2D eigenvalue weighted by molar-refractivity contribution is 14.0. The molecule has 0 radical (unpaired) electrons. The van der Waals surface area contributed by atoms with Crippen molar-refractivity contribution in [2.75, 3.05) is 44.7 Å². The number of nitrogens with two attached hydrogens (primary N) is 1. The summed E-state index contributed by atoms with van der Waals surface area (Å²) in [7, 11) is 2.13. The van der Waals surface area contributed by atoms with Crippen LogP contribution in [0, 0.1) is 5.92 Å². The molecule has 0 aromatic heterocycles. The summed E-state index contributed by atoms with van der Waals surface area (Å²) in [5.74, 6) is 1.12. The predicted molar refractivity (Wildman–Crippen MR) is 128 cm³/mol. The van der Waals surface area contributed by atoms with Crippen molar-refractivity contribution < 1.29 is 4.79 Å². The first kappa shape index (κ1) is 24.5. The van der Waals surface area contributed by atoms with Gasteiger partial charge in [0.25, 0.3) is 0 Å². The van der Waals surface area contributed by atoms with Crippen LogP contribution in [-0.2, 0) is 4.79 Å². The number of unbranched alkanes of at least 4 members (excludes halogenated alkanes) is 1. The van der Waals surface area contributed by atoms with Gasteiger partial charge < -0.3 is 20.9 Å². The number of hydrogen-bond donors (Lipinski definition) is 2. The van der Waals surface area contributed by atoms with Gasteiger partial charge in [0, 0.05) is 51.9 Å². The SMILES string of the molecule is CCNC(=NCCCCN(C)c1ccccc1)N1CCCC(CC(N)=O)C1.I. The Hall–Kier alpha value is -1.51. The largest absolute Gasteiger partial charge is 0.375 e. The number of primary amides is 1. The van der Waals surface area contributed by atoms with Crippen LogP contribution in [0.5, 0.6) is 0 Å². The number of piperidine rings is 1. The van der Waals surface area contributed by atoms with Crippen molar-refractivity contribution in [1.29, 1.82) is 0 Å². The molecule has 158 valence electrons. The Labute approximate surface area is 187 Å². The van der Waals surface area contributed by atoms with E-state index >= 15 is 0 Å². The van der Waals surface area contributed by atoms with Gasteiger partial charge >= 0.3 is 0 Å². The van der Waals surface area contributed by atoms with E-state index in [1.165, 1.54) is 5.69 Å². The molecule has 0 aliphatic carbocycles. The molecule has 1 unspecified atom stereocenters. The molecule has 1 aliphatic rings. The third-order valence-corrected chi connectivity index (χ3v) is 5.00. The number of guanidine groups is 1. The molecule has 0 spiro atoms. The zero-order chi connectivity index (χ0) is 19.5. The van der Waals surface area contributed by atoms with Gasteiger partial charge in [0.15, 0.2) is 5.96 Å². The quantitative estimate of drug-likeness (QED) is 0.236. The average Bonchev–Trinajstić information content (AvgIpc) is 2.67. The molecule has 1 fully saturated rings. The topological polar surface area (TPSA) is 74.0 Å². The molecule has 1 aromatic carbocycles. The summed E-state index contributed by atoms with van der Waals surface area (Å²) in [6.45, 7) is 6.66. The fraction of sp³-hybridized carbons (Fsp3) is 0.619. The Bertz CT molecular complexity index is 596. The van der Waals surface area contributed by atoms with E-state index in [-0.39, 0.29) is 29.9 Å². The zero-order valence-electron chi connectivity index (χ0n) is 17.3. The van der Waals surface area contributed by atoms with Crippen molar-refractivity contribution in [2.45, 2.75) is 39.0 Å². The number of carbonyl (C=O) groups excluding carboxylic acids is 1. The number of nitrogens with one attached hydrogen (secondary N) is 1. The maximum Gasteiger partial charge on any atom is 0.217 e. The predicted octanol–water partition coefficient (Wildman–Crippen LogP) is 3.07. The highest BCUT2D eigenvalue weighted by atomic mass is 127. The summed E-state index contributed by atoms with van der Waals surface area (Å²) in [5.41, 5.74) is 6.63. The summed E-state index contributed by atoms with van der Waals surface area (Å²) in [4.78, 5) is 20.6. The van der Waals surface area contributed by atoms with E-state index in [1.807, 2.05) is 6.07 Å². The Morgan fingerprint density at radius 3 is 2.75 bits per heavy atom. The van der Waals surface area contributed by atoms with Crippen LogP contribution >= 0.6 is 24.0 Å². The summed E-state index contributed by atoms with van der Waals surface area (Å²) < 4.78 is 0. The number of amides is 1. The molecule has 0 bridgehead atoms. The maximum atomic E-state index is 11.2. The average molecular weight is 501 g/mol. The molecule has 1 amide bonds. The van der Waals surface area contributed by atoms with Gasteiger partial charge in [0.2, 0.25) is 5.91 Å². The lowest BCUT2D eigenvalue weighted by Crippen LogP contribution is -2.47. The van der Waals surface area contributed by atoms with Gasteiger partial charge in [-0.2, -0.15) is 0 Å². The Kier molecular flexibility index (Phi) is 11.9.